The number of ether oxygens (including phenoxy) is 1. The summed E-state index contributed by atoms with van der Waals surface area (Å²) in [6.07, 6.45) is 6.56. The summed E-state index contributed by atoms with van der Waals surface area (Å²) in [7, 11) is 1.57. The molecular formula is C28H24N10O2. The van der Waals surface area contributed by atoms with Crippen molar-refractivity contribution in [3.63, 3.8) is 0 Å². The highest BCUT2D eigenvalue weighted by molar-refractivity contribution is 5.92. The minimum atomic E-state index is -0.318. The number of nitrogens with zero attached hydrogens (tertiary/aromatic N) is 7. The highest BCUT2D eigenvalue weighted by Crippen LogP contribution is 2.22. The number of aryl methyl sites for hydroxylation is 1. The van der Waals surface area contributed by atoms with Gasteiger partial charge in [0.05, 0.1) is 18.8 Å². The Balaban J connectivity index is 1.24. The predicted octanol–water partition coefficient (Wildman–Crippen LogP) is 4.14. The number of nitrogens with one attached hydrogen (secondary N) is 3. The van der Waals surface area contributed by atoms with Gasteiger partial charge in [0.1, 0.15) is 17.6 Å². The van der Waals surface area contributed by atoms with E-state index in [1.54, 1.807) is 56.2 Å². The van der Waals surface area contributed by atoms with E-state index in [-0.39, 0.29) is 23.5 Å². The van der Waals surface area contributed by atoms with Crippen molar-refractivity contribution in [1.29, 1.82) is 5.26 Å². The highest BCUT2D eigenvalue weighted by Gasteiger charge is 2.15. The molecule has 5 aromatic rings. The summed E-state index contributed by atoms with van der Waals surface area (Å²) in [6, 6.07) is 14.2. The Morgan fingerprint density at radius 1 is 0.975 bits per heavy atom. The summed E-state index contributed by atoms with van der Waals surface area (Å²) in [4.78, 5) is 41.8. The van der Waals surface area contributed by atoms with Gasteiger partial charge < -0.3 is 20.4 Å². The normalized spacial score (nSPS) is 11.3. The van der Waals surface area contributed by atoms with Crippen LogP contribution in [0.2, 0.25) is 0 Å². The molecule has 5 rings (SSSR count). The minimum absolute atomic E-state index is 0.195. The van der Waals surface area contributed by atoms with Crippen LogP contribution in [0.15, 0.2) is 67.3 Å². The maximum absolute atomic E-state index is 12.9. The van der Waals surface area contributed by atoms with Gasteiger partial charge in [0.15, 0.2) is 11.6 Å². The molecule has 0 aliphatic heterocycles. The molecular weight excluding hydrogens is 508 g/mol. The van der Waals surface area contributed by atoms with Crippen LogP contribution in [0.3, 0.4) is 0 Å². The van der Waals surface area contributed by atoms with Crippen LogP contribution in [-0.4, -0.2) is 47.9 Å². The largest absolute Gasteiger partial charge is 0.481 e. The number of carbonyl (C=O) groups is 1. The lowest BCUT2D eigenvalue weighted by molar-refractivity contribution is 0.0935. The third-order valence-corrected chi connectivity index (χ3v) is 5.92. The van der Waals surface area contributed by atoms with Crippen LogP contribution < -0.4 is 15.4 Å². The molecule has 0 saturated heterocycles. The average Bonchev–Trinajstić information content (AvgIpc) is 3.44. The third-order valence-electron chi connectivity index (χ3n) is 5.92. The smallest absolute Gasteiger partial charge is 0.270 e. The van der Waals surface area contributed by atoms with Gasteiger partial charge in [-0.25, -0.2) is 19.9 Å². The zero-order valence-corrected chi connectivity index (χ0v) is 21.9. The van der Waals surface area contributed by atoms with Crippen LogP contribution in [0, 0.1) is 18.3 Å². The van der Waals surface area contributed by atoms with E-state index in [0.717, 1.165) is 22.5 Å². The molecule has 12 heteroatoms. The van der Waals surface area contributed by atoms with Gasteiger partial charge in [-0.15, -0.1) is 0 Å². The Labute approximate surface area is 229 Å². The number of anilines is 2. The number of rotatable bonds is 8. The van der Waals surface area contributed by atoms with E-state index in [2.05, 4.69) is 45.5 Å². The fourth-order valence-corrected chi connectivity index (χ4v) is 3.84. The van der Waals surface area contributed by atoms with E-state index in [9.17, 15) is 4.79 Å². The van der Waals surface area contributed by atoms with Gasteiger partial charge in [-0.3, -0.25) is 14.8 Å². The van der Waals surface area contributed by atoms with Crippen molar-refractivity contribution in [2.45, 2.75) is 19.9 Å². The lowest BCUT2D eigenvalue weighted by atomic mass is 10.1. The second-order valence-corrected chi connectivity index (χ2v) is 8.78. The van der Waals surface area contributed by atoms with Gasteiger partial charge >= 0.3 is 0 Å². The summed E-state index contributed by atoms with van der Waals surface area (Å²) in [6.45, 7) is 3.72. The SMILES string of the molecule is COc1ccc(-c2ccc(C(C)NC(=O)c3ccc(-c4nc(C)cc(Nc5c[nH]c(C#N)n5)n4)cn3)cn2)cn1. The van der Waals surface area contributed by atoms with E-state index in [0.29, 0.717) is 28.9 Å². The first-order chi connectivity index (χ1) is 19.4. The molecule has 0 saturated carbocycles. The van der Waals surface area contributed by atoms with Gasteiger partial charge in [-0.05, 0) is 43.7 Å². The molecule has 198 valence electrons. The Kier molecular flexibility index (Phi) is 7.36. The first kappa shape index (κ1) is 25.9. The number of aromatic nitrogens is 7. The molecule has 1 amide bonds. The fourth-order valence-electron chi connectivity index (χ4n) is 3.84. The lowest BCUT2D eigenvalue weighted by Crippen LogP contribution is -2.27. The number of carbonyl (C=O) groups excluding carboxylic acids is 1. The van der Waals surface area contributed by atoms with Crippen LogP contribution >= 0.6 is 0 Å². The Morgan fingerprint density at radius 2 is 1.80 bits per heavy atom. The summed E-state index contributed by atoms with van der Waals surface area (Å²) in [5, 5.41) is 14.9. The van der Waals surface area contributed by atoms with E-state index in [1.165, 1.54) is 0 Å². The first-order valence-electron chi connectivity index (χ1n) is 12.2. The van der Waals surface area contributed by atoms with E-state index in [4.69, 9.17) is 10.00 Å². The van der Waals surface area contributed by atoms with Crippen LogP contribution in [0.25, 0.3) is 22.6 Å². The van der Waals surface area contributed by atoms with Crippen molar-refractivity contribution < 1.29 is 9.53 Å². The first-order valence-corrected chi connectivity index (χ1v) is 12.2. The van der Waals surface area contributed by atoms with E-state index in [1.807, 2.05) is 38.1 Å². The molecule has 0 aliphatic rings. The number of methoxy groups -OCH3 is 1. The number of H-pyrrole nitrogens is 1. The average molecular weight is 533 g/mol. The molecule has 0 radical (unpaired) electrons. The maximum atomic E-state index is 12.9. The van der Waals surface area contributed by atoms with Crippen molar-refractivity contribution in [3.05, 3.63) is 90.0 Å². The van der Waals surface area contributed by atoms with Crippen LogP contribution in [0.5, 0.6) is 5.88 Å². The van der Waals surface area contributed by atoms with Crippen molar-refractivity contribution in [1.82, 2.24) is 40.2 Å². The number of pyridine rings is 3. The number of amides is 1. The van der Waals surface area contributed by atoms with Gasteiger partial charge in [-0.2, -0.15) is 5.26 Å². The quantitative estimate of drug-likeness (QED) is 0.264. The molecule has 40 heavy (non-hydrogen) atoms. The van der Waals surface area contributed by atoms with Crippen LogP contribution in [-0.2, 0) is 0 Å². The van der Waals surface area contributed by atoms with E-state index < -0.39 is 0 Å². The fraction of sp³-hybridized carbons (Fsp3) is 0.143. The molecule has 0 fully saturated rings. The number of imidazole rings is 1. The molecule has 0 aromatic carbocycles. The molecule has 5 aromatic heterocycles. The minimum Gasteiger partial charge on any atom is -0.481 e. The maximum Gasteiger partial charge on any atom is 0.270 e. The van der Waals surface area contributed by atoms with E-state index >= 15 is 0 Å². The Morgan fingerprint density at radius 3 is 2.45 bits per heavy atom. The van der Waals surface area contributed by atoms with Crippen molar-refractivity contribution in [2.75, 3.05) is 12.4 Å². The van der Waals surface area contributed by atoms with Crippen molar-refractivity contribution in [2.24, 2.45) is 0 Å². The molecule has 0 spiro atoms. The summed E-state index contributed by atoms with van der Waals surface area (Å²) < 4.78 is 5.09. The zero-order chi connectivity index (χ0) is 28.1. The van der Waals surface area contributed by atoms with Gasteiger partial charge in [-0.1, -0.05) is 6.07 Å². The Bertz CT molecular complexity index is 1670. The van der Waals surface area contributed by atoms with Gasteiger partial charge in [0.2, 0.25) is 11.7 Å². The molecule has 5 heterocycles. The number of hydrogen-bond acceptors (Lipinski definition) is 10. The number of aromatic amines is 1. The predicted molar refractivity (Wildman–Crippen MR) is 146 cm³/mol. The Hall–Kier alpha value is -5.70. The topological polar surface area (TPSA) is 167 Å². The molecule has 1 unspecified atom stereocenters. The summed E-state index contributed by atoms with van der Waals surface area (Å²) in [5.41, 5.74) is 4.11. The standard InChI is InChI=1S/C28H24N10O2/c1-16-10-23(36-25-15-32-24(11-29)37-25)38-27(34-16)20-5-8-22(31-14-20)28(39)35-17(2)18-4-7-21(30-12-18)19-6-9-26(40-3)33-13-19/h4-10,12-15,17H,1-3H3,(H,32,37)(H,35,39)(H,34,36,38). The lowest BCUT2D eigenvalue weighted by Gasteiger charge is -2.14. The summed E-state index contributed by atoms with van der Waals surface area (Å²) >= 11 is 0. The van der Waals surface area contributed by atoms with Crippen LogP contribution in [0.1, 0.15) is 40.5 Å². The molecule has 1 atom stereocenters. The molecule has 3 N–H and O–H groups in total. The second kappa shape index (κ2) is 11.4. The van der Waals surface area contributed by atoms with Gasteiger partial charge in [0.25, 0.3) is 5.91 Å². The number of nitriles is 1. The van der Waals surface area contributed by atoms with Crippen molar-refractivity contribution >= 4 is 17.5 Å². The van der Waals surface area contributed by atoms with Crippen molar-refractivity contribution in [3.8, 4) is 34.6 Å². The zero-order valence-electron chi connectivity index (χ0n) is 21.9. The molecule has 0 bridgehead atoms. The van der Waals surface area contributed by atoms with Crippen LogP contribution in [0.4, 0.5) is 11.6 Å². The monoisotopic (exact) mass is 532 g/mol. The summed E-state index contributed by atoms with van der Waals surface area (Å²) in [5.74, 6) is 1.82. The molecule has 0 aliphatic carbocycles. The second-order valence-electron chi connectivity index (χ2n) is 8.78. The number of hydrogen-bond donors (Lipinski definition) is 3. The third kappa shape index (κ3) is 5.89. The van der Waals surface area contributed by atoms with Gasteiger partial charge in [0, 0.05) is 53.7 Å². The highest BCUT2D eigenvalue weighted by atomic mass is 16.5. The molecule has 12 nitrogen and oxygen atoms in total.